The Hall–Kier alpha value is -0.940. The standard InChI is InChI=1S/C7H12N2O3/c10-6-2-3-7(11)9(6)5-1-4-8-12/h8,12H,1-5H2. The van der Waals surface area contributed by atoms with E-state index < -0.39 is 0 Å². The van der Waals surface area contributed by atoms with E-state index in [1.54, 1.807) is 0 Å². The molecule has 0 aromatic heterocycles. The topological polar surface area (TPSA) is 69.6 Å². The van der Waals surface area contributed by atoms with Crippen LogP contribution in [0.15, 0.2) is 0 Å². The molecular formula is C7H12N2O3. The molecule has 1 rings (SSSR count). The Morgan fingerprint density at radius 1 is 1.33 bits per heavy atom. The number of carbonyl (C=O) groups excluding carboxylic acids is 2. The SMILES string of the molecule is O=C1CCC(=O)N1CCCNO. The minimum atomic E-state index is -0.0991. The van der Waals surface area contributed by atoms with Crippen molar-refractivity contribution in [3.63, 3.8) is 0 Å². The summed E-state index contributed by atoms with van der Waals surface area (Å²) in [5, 5.41) is 8.23. The van der Waals surface area contributed by atoms with Crippen LogP contribution in [0.4, 0.5) is 0 Å². The minimum Gasteiger partial charge on any atom is -0.317 e. The average molecular weight is 172 g/mol. The highest BCUT2D eigenvalue weighted by Gasteiger charge is 2.27. The predicted octanol–water partition coefficient (Wildman–Crippen LogP) is -0.496. The van der Waals surface area contributed by atoms with Crippen molar-refractivity contribution in [3.05, 3.63) is 0 Å². The Labute approximate surface area is 70.3 Å². The molecule has 2 N–H and O–H groups in total. The van der Waals surface area contributed by atoms with Crippen molar-refractivity contribution in [2.75, 3.05) is 13.1 Å². The fraction of sp³-hybridized carbons (Fsp3) is 0.714. The molecule has 12 heavy (non-hydrogen) atoms. The highest BCUT2D eigenvalue weighted by atomic mass is 16.5. The smallest absolute Gasteiger partial charge is 0.229 e. The Morgan fingerprint density at radius 2 is 1.92 bits per heavy atom. The molecule has 2 amide bonds. The highest BCUT2D eigenvalue weighted by Crippen LogP contribution is 2.11. The highest BCUT2D eigenvalue weighted by molar-refractivity contribution is 6.01. The number of nitrogens with zero attached hydrogens (tertiary/aromatic N) is 1. The molecule has 0 aromatic carbocycles. The molecule has 5 heteroatoms. The molecule has 0 aliphatic carbocycles. The lowest BCUT2D eigenvalue weighted by Crippen LogP contribution is -2.31. The normalized spacial score (nSPS) is 17.6. The van der Waals surface area contributed by atoms with Gasteiger partial charge in [-0.3, -0.25) is 14.5 Å². The third kappa shape index (κ3) is 2.02. The van der Waals surface area contributed by atoms with E-state index in [4.69, 9.17) is 5.21 Å². The van der Waals surface area contributed by atoms with Gasteiger partial charge in [0.25, 0.3) is 0 Å². The summed E-state index contributed by atoms with van der Waals surface area (Å²) >= 11 is 0. The second-order valence-electron chi connectivity index (χ2n) is 2.70. The van der Waals surface area contributed by atoms with Crippen molar-refractivity contribution in [2.45, 2.75) is 19.3 Å². The number of hydroxylamine groups is 1. The molecule has 0 saturated carbocycles. The van der Waals surface area contributed by atoms with E-state index in [0.29, 0.717) is 32.4 Å². The molecule has 0 atom stereocenters. The van der Waals surface area contributed by atoms with E-state index >= 15 is 0 Å². The Balaban J connectivity index is 2.30. The summed E-state index contributed by atoms with van der Waals surface area (Å²) in [6.07, 6.45) is 1.27. The lowest BCUT2D eigenvalue weighted by atomic mass is 10.4. The Morgan fingerprint density at radius 3 is 2.42 bits per heavy atom. The zero-order chi connectivity index (χ0) is 8.97. The summed E-state index contributed by atoms with van der Waals surface area (Å²) in [6.45, 7) is 0.808. The van der Waals surface area contributed by atoms with E-state index in [0.717, 1.165) is 0 Å². The summed E-state index contributed by atoms with van der Waals surface area (Å²) in [5.74, 6) is -0.198. The molecule has 5 nitrogen and oxygen atoms in total. The molecule has 68 valence electrons. The maximum Gasteiger partial charge on any atom is 0.229 e. The summed E-state index contributed by atoms with van der Waals surface area (Å²) < 4.78 is 0. The third-order valence-corrected chi connectivity index (χ3v) is 1.83. The van der Waals surface area contributed by atoms with Gasteiger partial charge in [0.15, 0.2) is 0 Å². The molecule has 1 aliphatic heterocycles. The fourth-order valence-corrected chi connectivity index (χ4v) is 1.19. The van der Waals surface area contributed by atoms with Crippen LogP contribution in [0.3, 0.4) is 0 Å². The molecule has 1 fully saturated rings. The van der Waals surface area contributed by atoms with Crippen LogP contribution in [0.2, 0.25) is 0 Å². The Kier molecular flexibility index (Phi) is 3.19. The zero-order valence-electron chi connectivity index (χ0n) is 6.75. The fourth-order valence-electron chi connectivity index (χ4n) is 1.19. The van der Waals surface area contributed by atoms with Crippen LogP contribution in [0, 0.1) is 0 Å². The summed E-state index contributed by atoms with van der Waals surface area (Å²) in [4.78, 5) is 23.2. The van der Waals surface area contributed by atoms with Crippen LogP contribution >= 0.6 is 0 Å². The van der Waals surface area contributed by atoms with Gasteiger partial charge >= 0.3 is 0 Å². The first-order valence-corrected chi connectivity index (χ1v) is 3.96. The molecule has 1 heterocycles. The molecular weight excluding hydrogens is 160 g/mol. The van der Waals surface area contributed by atoms with Gasteiger partial charge in [-0.05, 0) is 6.42 Å². The van der Waals surface area contributed by atoms with Gasteiger partial charge in [0.05, 0.1) is 0 Å². The third-order valence-electron chi connectivity index (χ3n) is 1.83. The largest absolute Gasteiger partial charge is 0.317 e. The van der Waals surface area contributed by atoms with Crippen LogP contribution in [0.5, 0.6) is 0 Å². The van der Waals surface area contributed by atoms with E-state index in [2.05, 4.69) is 0 Å². The van der Waals surface area contributed by atoms with Crippen LogP contribution < -0.4 is 5.48 Å². The number of hydrogen-bond donors (Lipinski definition) is 2. The number of amides is 2. The first kappa shape index (κ1) is 9.15. The van der Waals surface area contributed by atoms with Crippen molar-refractivity contribution in [1.82, 2.24) is 10.4 Å². The maximum atomic E-state index is 11.0. The lowest BCUT2D eigenvalue weighted by Gasteiger charge is -2.12. The Bertz CT molecular complexity index is 177. The van der Waals surface area contributed by atoms with Gasteiger partial charge in [-0.1, -0.05) is 0 Å². The first-order chi connectivity index (χ1) is 5.75. The van der Waals surface area contributed by atoms with Gasteiger partial charge in [0.2, 0.25) is 11.8 Å². The molecule has 0 aromatic rings. The molecule has 0 radical (unpaired) electrons. The van der Waals surface area contributed by atoms with Crippen molar-refractivity contribution in [1.29, 1.82) is 0 Å². The summed E-state index contributed by atoms with van der Waals surface area (Å²) in [5.41, 5.74) is 1.97. The van der Waals surface area contributed by atoms with Crippen LogP contribution in [-0.4, -0.2) is 35.0 Å². The van der Waals surface area contributed by atoms with Crippen LogP contribution in [0.1, 0.15) is 19.3 Å². The molecule has 0 bridgehead atoms. The van der Waals surface area contributed by atoms with Gasteiger partial charge < -0.3 is 5.21 Å². The quantitative estimate of drug-likeness (QED) is 0.341. The van der Waals surface area contributed by atoms with Crippen molar-refractivity contribution >= 4 is 11.8 Å². The average Bonchev–Trinajstić information content (AvgIpc) is 2.35. The second kappa shape index (κ2) is 4.18. The van der Waals surface area contributed by atoms with Crippen molar-refractivity contribution in [3.8, 4) is 0 Å². The van der Waals surface area contributed by atoms with Crippen LogP contribution in [-0.2, 0) is 9.59 Å². The van der Waals surface area contributed by atoms with Crippen molar-refractivity contribution in [2.24, 2.45) is 0 Å². The van der Waals surface area contributed by atoms with E-state index in [1.165, 1.54) is 4.90 Å². The maximum absolute atomic E-state index is 11.0. The zero-order valence-corrected chi connectivity index (χ0v) is 6.75. The van der Waals surface area contributed by atoms with Gasteiger partial charge in [-0.2, -0.15) is 0 Å². The lowest BCUT2D eigenvalue weighted by molar-refractivity contribution is -0.138. The molecule has 0 spiro atoms. The van der Waals surface area contributed by atoms with E-state index in [9.17, 15) is 9.59 Å². The second-order valence-corrected chi connectivity index (χ2v) is 2.70. The van der Waals surface area contributed by atoms with Gasteiger partial charge in [0.1, 0.15) is 0 Å². The number of nitrogens with one attached hydrogen (secondary N) is 1. The van der Waals surface area contributed by atoms with Gasteiger partial charge in [-0.15, -0.1) is 0 Å². The van der Waals surface area contributed by atoms with Gasteiger partial charge in [-0.25, -0.2) is 5.48 Å². The summed E-state index contributed by atoms with van der Waals surface area (Å²) in [7, 11) is 0. The number of rotatable bonds is 4. The number of carbonyl (C=O) groups is 2. The molecule has 1 saturated heterocycles. The first-order valence-electron chi connectivity index (χ1n) is 3.96. The molecule has 0 unspecified atom stereocenters. The number of imide groups is 1. The van der Waals surface area contributed by atoms with E-state index in [-0.39, 0.29) is 11.8 Å². The number of likely N-dealkylation sites (tertiary alicyclic amines) is 1. The van der Waals surface area contributed by atoms with Gasteiger partial charge in [0, 0.05) is 25.9 Å². The molecule has 1 aliphatic rings. The van der Waals surface area contributed by atoms with E-state index in [1.807, 2.05) is 5.48 Å². The van der Waals surface area contributed by atoms with Crippen LogP contribution in [0.25, 0.3) is 0 Å². The number of hydrogen-bond acceptors (Lipinski definition) is 4. The summed E-state index contributed by atoms with van der Waals surface area (Å²) in [6, 6.07) is 0. The predicted molar refractivity (Wildman–Crippen MR) is 40.4 cm³/mol. The minimum absolute atomic E-state index is 0.0991. The monoisotopic (exact) mass is 172 g/mol. The van der Waals surface area contributed by atoms with Crippen molar-refractivity contribution < 1.29 is 14.8 Å².